The van der Waals surface area contributed by atoms with Crippen LogP contribution in [0.15, 0.2) is 60.2 Å². The maximum atomic E-state index is 11.2. The van der Waals surface area contributed by atoms with E-state index in [1.807, 2.05) is 6.08 Å². The van der Waals surface area contributed by atoms with Crippen molar-refractivity contribution < 1.29 is 21.2 Å². The number of allylic oxidation sites excluding steroid dienone is 2. The predicted octanol–water partition coefficient (Wildman–Crippen LogP) is 14.9. The Morgan fingerprint density at radius 1 is 0.490 bits per heavy atom. The van der Waals surface area contributed by atoms with Crippen LogP contribution < -0.4 is 0 Å². The Kier molecular flexibility index (Phi) is 23.8. The fraction of sp³-hybridized carbons (Fsp3) is 0.609. The van der Waals surface area contributed by atoms with Crippen molar-refractivity contribution in [2.45, 2.75) is 181 Å². The molecular formula is C46H68N2Ni. The Balaban J connectivity index is 0.00000833. The van der Waals surface area contributed by atoms with Crippen LogP contribution in [0.3, 0.4) is 0 Å². The van der Waals surface area contributed by atoms with E-state index in [1.165, 1.54) is 164 Å². The van der Waals surface area contributed by atoms with Gasteiger partial charge in [0.1, 0.15) is 5.57 Å². The molecule has 0 N–H and O–H groups in total. The van der Waals surface area contributed by atoms with Crippen molar-refractivity contribution in [3.05, 3.63) is 88.0 Å². The first-order chi connectivity index (χ1) is 23.6. The van der Waals surface area contributed by atoms with E-state index in [4.69, 9.17) is 0 Å². The third-order valence-electron chi connectivity index (χ3n) is 10.0. The molecule has 2 aromatic carbocycles. The summed E-state index contributed by atoms with van der Waals surface area (Å²) in [6.45, 7) is 6.47. The summed E-state index contributed by atoms with van der Waals surface area (Å²) < 4.78 is 1.32. The topological polar surface area (TPSA) is 25.3 Å². The van der Waals surface area contributed by atoms with Crippen LogP contribution in [0.25, 0.3) is 16.9 Å². The summed E-state index contributed by atoms with van der Waals surface area (Å²) in [4.78, 5) is 0. The van der Waals surface area contributed by atoms with Crippen LogP contribution in [0.1, 0.15) is 190 Å². The quantitative estimate of drug-likeness (QED) is 0.0403. The van der Waals surface area contributed by atoms with Crippen molar-refractivity contribution in [1.82, 2.24) is 0 Å². The van der Waals surface area contributed by atoms with Gasteiger partial charge in [-0.1, -0.05) is 202 Å². The van der Waals surface area contributed by atoms with Crippen molar-refractivity contribution in [2.24, 2.45) is 0 Å². The molecule has 3 rings (SSSR count). The molecule has 3 heteroatoms. The van der Waals surface area contributed by atoms with E-state index in [9.17, 15) is 5.53 Å². The van der Waals surface area contributed by atoms with Crippen molar-refractivity contribution in [1.29, 1.82) is 0 Å². The molecule has 2 aromatic rings. The van der Waals surface area contributed by atoms with Crippen LogP contribution in [0.4, 0.5) is 0 Å². The Morgan fingerprint density at radius 3 is 1.22 bits per heavy atom. The van der Waals surface area contributed by atoms with Crippen LogP contribution >= 0.6 is 0 Å². The van der Waals surface area contributed by atoms with Crippen LogP contribution in [0.2, 0.25) is 0 Å². The summed E-state index contributed by atoms with van der Waals surface area (Å²) >= 11 is 0. The van der Waals surface area contributed by atoms with E-state index in [-0.39, 0.29) is 16.5 Å². The Hall–Kier alpha value is -2.43. The van der Waals surface area contributed by atoms with Crippen molar-refractivity contribution in [2.75, 3.05) is 0 Å². The second-order valence-electron chi connectivity index (χ2n) is 14.5. The van der Waals surface area contributed by atoms with Crippen LogP contribution in [-0.2, 0) is 16.5 Å². The van der Waals surface area contributed by atoms with Crippen LogP contribution in [-0.4, -0.2) is 4.70 Å². The minimum Gasteiger partial charge on any atom is -0.493 e. The van der Waals surface area contributed by atoms with Crippen molar-refractivity contribution in [3.8, 4) is 11.8 Å². The number of rotatable bonds is 26. The van der Waals surface area contributed by atoms with Gasteiger partial charge in [-0.3, -0.25) is 0 Å². The normalized spacial score (nSPS) is 12.6. The molecule has 272 valence electrons. The smallest absolute Gasteiger partial charge is 0.223 e. The average Bonchev–Trinajstić information content (AvgIpc) is 3.42. The maximum absolute atomic E-state index is 11.2. The minimum absolute atomic E-state index is 0. The first-order valence-corrected chi connectivity index (χ1v) is 20.2. The molecule has 0 unspecified atom stereocenters. The predicted molar refractivity (Wildman–Crippen MR) is 210 cm³/mol. The molecule has 0 radical (unpaired) electrons. The van der Waals surface area contributed by atoms with E-state index in [1.54, 1.807) is 0 Å². The average molecular weight is 708 g/mol. The van der Waals surface area contributed by atoms with Gasteiger partial charge in [0, 0.05) is 40.1 Å². The Labute approximate surface area is 312 Å². The molecule has 0 amide bonds. The first kappa shape index (κ1) is 42.7. The van der Waals surface area contributed by atoms with Gasteiger partial charge in [0.15, 0.2) is 0 Å². The summed E-state index contributed by atoms with van der Waals surface area (Å²) in [5.74, 6) is 6.82. The standard InChI is InChI=1S/C46H68N2.Ni/c1-4-5-6-7-8-9-10-11-12-13-14-15-16-17-18-19-20-21-22-23-24-25-26-27-28-29-30-44-39-45(42-35-31-40(2)32-36-42)48(47)46(44)43-37-33-41(3)34-38-43;/h31-39H,4-28H2,1-3H3;. The van der Waals surface area contributed by atoms with Crippen molar-refractivity contribution in [3.63, 3.8) is 0 Å². The van der Waals surface area contributed by atoms with Gasteiger partial charge in [-0.15, -0.1) is 0 Å². The van der Waals surface area contributed by atoms with Gasteiger partial charge in [0.05, 0.1) is 0 Å². The number of hydrogen-bond donors (Lipinski definition) is 0. The SMILES string of the molecule is CCCCCCCCCCCCCCCCCCCCCCCCCCC#CC1=C(c2ccc(C)cc2)[N+](=[N-])C(c2ccc(C)cc2)=C1.[Ni]. The third-order valence-corrected chi connectivity index (χ3v) is 10.0. The molecule has 49 heavy (non-hydrogen) atoms. The number of unbranched alkanes of at least 4 members (excludes halogenated alkanes) is 24. The van der Waals surface area contributed by atoms with Gasteiger partial charge in [-0.05, 0) is 44.5 Å². The van der Waals surface area contributed by atoms with Gasteiger partial charge in [-0.25, -0.2) is 4.70 Å². The zero-order chi connectivity index (χ0) is 34.1. The molecule has 0 saturated heterocycles. The van der Waals surface area contributed by atoms with Gasteiger partial charge in [0.25, 0.3) is 0 Å². The number of aryl methyl sites for hydroxylation is 2. The van der Waals surface area contributed by atoms with Crippen LogP contribution in [0.5, 0.6) is 0 Å². The zero-order valence-corrected chi connectivity index (χ0v) is 32.6. The molecule has 0 aliphatic carbocycles. The Bertz CT molecular complexity index is 1290. The molecule has 1 aliphatic heterocycles. The number of nitrogens with zero attached hydrogens (tertiary/aromatic N) is 2. The first-order valence-electron chi connectivity index (χ1n) is 20.2. The molecule has 0 atom stereocenters. The second-order valence-corrected chi connectivity index (χ2v) is 14.5. The molecule has 2 nitrogen and oxygen atoms in total. The second kappa shape index (κ2) is 27.3. The van der Waals surface area contributed by atoms with Gasteiger partial charge in [-0.2, -0.15) is 0 Å². The summed E-state index contributed by atoms with van der Waals surface area (Å²) in [6.07, 6.45) is 36.9. The van der Waals surface area contributed by atoms with E-state index in [0.29, 0.717) is 0 Å². The Morgan fingerprint density at radius 2 is 0.837 bits per heavy atom. The van der Waals surface area contributed by atoms with E-state index in [2.05, 4.69) is 81.1 Å². The molecule has 1 aliphatic rings. The fourth-order valence-electron chi connectivity index (χ4n) is 6.85. The van der Waals surface area contributed by atoms with E-state index < -0.39 is 0 Å². The molecule has 0 spiro atoms. The van der Waals surface area contributed by atoms with E-state index >= 15 is 0 Å². The van der Waals surface area contributed by atoms with E-state index in [0.717, 1.165) is 40.9 Å². The molecule has 0 bridgehead atoms. The summed E-state index contributed by atoms with van der Waals surface area (Å²) in [5, 5.41) is 0. The summed E-state index contributed by atoms with van der Waals surface area (Å²) in [6, 6.07) is 16.6. The molecule has 0 fully saturated rings. The molecule has 1 heterocycles. The van der Waals surface area contributed by atoms with Crippen molar-refractivity contribution >= 4 is 11.4 Å². The summed E-state index contributed by atoms with van der Waals surface area (Å²) in [5.41, 5.74) is 18.0. The largest absolute Gasteiger partial charge is 0.493 e. The zero-order valence-electron chi connectivity index (χ0n) is 31.6. The number of hydrogen-bond acceptors (Lipinski definition) is 0. The van der Waals surface area contributed by atoms with Crippen LogP contribution in [0, 0.1) is 25.7 Å². The number of benzene rings is 2. The molecule has 0 aromatic heterocycles. The monoisotopic (exact) mass is 706 g/mol. The van der Waals surface area contributed by atoms with Gasteiger partial charge in [0.2, 0.25) is 11.4 Å². The molecular weight excluding hydrogens is 639 g/mol. The van der Waals surface area contributed by atoms with Gasteiger partial charge >= 0.3 is 0 Å². The minimum atomic E-state index is 0. The third kappa shape index (κ3) is 17.9. The van der Waals surface area contributed by atoms with Gasteiger partial charge < -0.3 is 5.53 Å². The summed E-state index contributed by atoms with van der Waals surface area (Å²) in [7, 11) is 0. The molecule has 0 saturated carbocycles. The fourth-order valence-corrected chi connectivity index (χ4v) is 6.85. The maximum Gasteiger partial charge on any atom is 0.223 e.